The molecular formula is C21H22ClN5O3. The predicted octanol–water partition coefficient (Wildman–Crippen LogP) is 3.32. The first-order valence-electron chi connectivity index (χ1n) is 10.1. The zero-order valence-corrected chi connectivity index (χ0v) is 17.4. The fourth-order valence-corrected chi connectivity index (χ4v) is 3.71. The highest BCUT2D eigenvalue weighted by Gasteiger charge is 2.24. The Balaban J connectivity index is 1.52. The van der Waals surface area contributed by atoms with E-state index in [9.17, 15) is 9.59 Å². The maximum absolute atomic E-state index is 13.0. The summed E-state index contributed by atoms with van der Waals surface area (Å²) in [6.07, 6.45) is 3.01. The lowest BCUT2D eigenvalue weighted by atomic mass is 10.2. The number of hydrogen-bond acceptors (Lipinski definition) is 6. The third-order valence-electron chi connectivity index (χ3n) is 5.05. The van der Waals surface area contributed by atoms with Gasteiger partial charge < -0.3 is 4.52 Å². The van der Waals surface area contributed by atoms with E-state index < -0.39 is 0 Å². The summed E-state index contributed by atoms with van der Waals surface area (Å²) < 4.78 is 8.15. The van der Waals surface area contributed by atoms with Gasteiger partial charge in [-0.15, -0.1) is 0 Å². The van der Waals surface area contributed by atoms with Crippen LogP contribution < -0.4 is 11.2 Å². The molecule has 156 valence electrons. The number of aromatic nitrogens is 4. The van der Waals surface area contributed by atoms with Gasteiger partial charge >= 0.3 is 5.69 Å². The van der Waals surface area contributed by atoms with Crippen molar-refractivity contribution in [3.05, 3.63) is 62.6 Å². The number of unbranched alkanes of at least 4 members (excludes halogenated alkanes) is 1. The largest absolute Gasteiger partial charge is 0.339 e. The Morgan fingerprint density at radius 2 is 1.87 bits per heavy atom. The van der Waals surface area contributed by atoms with Gasteiger partial charge in [0, 0.05) is 31.5 Å². The molecule has 1 aromatic carbocycles. The molecule has 0 saturated heterocycles. The molecule has 0 amide bonds. The molecule has 0 saturated carbocycles. The molecule has 0 unspecified atom stereocenters. The van der Waals surface area contributed by atoms with Gasteiger partial charge in [-0.3, -0.25) is 13.9 Å². The van der Waals surface area contributed by atoms with Crippen molar-refractivity contribution in [1.29, 1.82) is 0 Å². The Hall–Kier alpha value is -3.00. The average molecular weight is 428 g/mol. The number of aryl methyl sites for hydroxylation is 1. The fraction of sp³-hybridized carbons (Fsp3) is 0.381. The summed E-state index contributed by atoms with van der Waals surface area (Å²) in [4.78, 5) is 34.4. The topological polar surface area (TPSA) is 95.3 Å². The zero-order chi connectivity index (χ0) is 21.1. The van der Waals surface area contributed by atoms with Gasteiger partial charge in [-0.2, -0.15) is 4.98 Å². The van der Waals surface area contributed by atoms with E-state index in [1.54, 1.807) is 4.57 Å². The molecule has 0 spiro atoms. The highest BCUT2D eigenvalue weighted by molar-refractivity contribution is 6.66. The molecule has 0 atom stereocenters. The van der Waals surface area contributed by atoms with Gasteiger partial charge in [0.15, 0.2) is 0 Å². The van der Waals surface area contributed by atoms with Crippen molar-refractivity contribution in [2.45, 2.75) is 52.1 Å². The van der Waals surface area contributed by atoms with Crippen LogP contribution in [0, 0.1) is 0 Å². The quantitative estimate of drug-likeness (QED) is 0.549. The molecule has 0 aliphatic carbocycles. The molecule has 4 rings (SSSR count). The minimum absolute atomic E-state index is 0.262. The summed E-state index contributed by atoms with van der Waals surface area (Å²) in [6.45, 7) is 2.82. The summed E-state index contributed by atoms with van der Waals surface area (Å²) in [5, 5.41) is 4.34. The monoisotopic (exact) mass is 427 g/mol. The first-order valence-corrected chi connectivity index (χ1v) is 10.4. The maximum Gasteiger partial charge on any atom is 0.332 e. The molecule has 0 bridgehead atoms. The molecule has 1 aliphatic heterocycles. The molecule has 30 heavy (non-hydrogen) atoms. The van der Waals surface area contributed by atoms with Crippen LogP contribution in [-0.4, -0.2) is 24.4 Å². The molecule has 1 aliphatic rings. The zero-order valence-electron chi connectivity index (χ0n) is 16.7. The van der Waals surface area contributed by atoms with Gasteiger partial charge in [0.2, 0.25) is 11.7 Å². The van der Waals surface area contributed by atoms with Crippen LogP contribution in [-0.2, 0) is 25.9 Å². The number of nitrogens with zero attached hydrogens (tertiary/aromatic N) is 5. The van der Waals surface area contributed by atoms with Crippen LogP contribution in [0.4, 0.5) is 5.82 Å². The van der Waals surface area contributed by atoms with Crippen molar-refractivity contribution in [2.24, 2.45) is 4.99 Å². The molecule has 2 aromatic heterocycles. The molecular weight excluding hydrogens is 406 g/mol. The lowest BCUT2D eigenvalue weighted by molar-refractivity contribution is 0.371. The molecule has 9 heteroatoms. The van der Waals surface area contributed by atoms with Crippen molar-refractivity contribution in [2.75, 3.05) is 0 Å². The SMILES string of the molecule is CCCCn1c2c(c(=O)n(CCCc3nc(-c4ccccc4)no3)c1=O)CC(Cl)=N2. The maximum atomic E-state index is 13.0. The van der Waals surface area contributed by atoms with E-state index in [0.29, 0.717) is 47.7 Å². The second kappa shape index (κ2) is 8.79. The lowest BCUT2D eigenvalue weighted by Gasteiger charge is -2.13. The molecule has 0 fully saturated rings. The van der Waals surface area contributed by atoms with E-state index in [1.165, 1.54) is 4.57 Å². The second-order valence-corrected chi connectivity index (χ2v) is 7.63. The number of rotatable bonds is 8. The summed E-state index contributed by atoms with van der Waals surface area (Å²) >= 11 is 6.06. The van der Waals surface area contributed by atoms with Gasteiger partial charge in [-0.25, -0.2) is 9.79 Å². The lowest BCUT2D eigenvalue weighted by Crippen LogP contribution is -2.41. The number of fused-ring (bicyclic) bond motifs is 1. The Morgan fingerprint density at radius 1 is 1.10 bits per heavy atom. The Kier molecular flexibility index (Phi) is 5.94. The van der Waals surface area contributed by atoms with Crippen molar-refractivity contribution in [3.63, 3.8) is 0 Å². The van der Waals surface area contributed by atoms with E-state index in [0.717, 1.165) is 18.4 Å². The van der Waals surface area contributed by atoms with E-state index in [4.69, 9.17) is 16.1 Å². The Bertz CT molecular complexity index is 1190. The van der Waals surface area contributed by atoms with Gasteiger partial charge in [0.25, 0.3) is 5.56 Å². The second-order valence-electron chi connectivity index (χ2n) is 7.19. The minimum atomic E-state index is -0.349. The summed E-state index contributed by atoms with van der Waals surface area (Å²) in [5.74, 6) is 1.40. The highest BCUT2D eigenvalue weighted by atomic mass is 35.5. The van der Waals surface area contributed by atoms with Crippen molar-refractivity contribution in [1.82, 2.24) is 19.3 Å². The predicted molar refractivity (Wildman–Crippen MR) is 115 cm³/mol. The van der Waals surface area contributed by atoms with E-state index >= 15 is 0 Å². The van der Waals surface area contributed by atoms with Crippen LogP contribution >= 0.6 is 11.6 Å². The summed E-state index contributed by atoms with van der Waals surface area (Å²) in [5.41, 5.74) is 0.688. The minimum Gasteiger partial charge on any atom is -0.339 e. The van der Waals surface area contributed by atoms with Crippen LogP contribution in [0.25, 0.3) is 11.4 Å². The van der Waals surface area contributed by atoms with Crippen LogP contribution in [0.2, 0.25) is 0 Å². The molecule has 3 heterocycles. The van der Waals surface area contributed by atoms with Crippen LogP contribution in [0.1, 0.15) is 37.6 Å². The summed E-state index contributed by atoms with van der Waals surface area (Å²) in [7, 11) is 0. The average Bonchev–Trinajstić information content (AvgIpc) is 3.38. The first kappa shape index (κ1) is 20.3. The van der Waals surface area contributed by atoms with Crippen molar-refractivity contribution < 1.29 is 4.52 Å². The van der Waals surface area contributed by atoms with Gasteiger partial charge in [0.1, 0.15) is 11.0 Å². The Morgan fingerprint density at radius 3 is 2.63 bits per heavy atom. The van der Waals surface area contributed by atoms with Crippen LogP contribution in [0.5, 0.6) is 0 Å². The molecule has 0 N–H and O–H groups in total. The highest BCUT2D eigenvalue weighted by Crippen LogP contribution is 2.24. The van der Waals surface area contributed by atoms with E-state index in [-0.39, 0.29) is 24.2 Å². The number of benzene rings is 1. The van der Waals surface area contributed by atoms with Crippen molar-refractivity contribution in [3.8, 4) is 11.4 Å². The van der Waals surface area contributed by atoms with Crippen molar-refractivity contribution >= 4 is 22.6 Å². The molecule has 0 radical (unpaired) electrons. The molecule has 3 aromatic rings. The Labute approximate surface area is 177 Å². The smallest absolute Gasteiger partial charge is 0.332 e. The third-order valence-corrected chi connectivity index (χ3v) is 5.27. The summed E-state index contributed by atoms with van der Waals surface area (Å²) in [6, 6.07) is 9.55. The van der Waals surface area contributed by atoms with Gasteiger partial charge in [0.05, 0.1) is 5.56 Å². The first-order chi connectivity index (χ1) is 14.6. The van der Waals surface area contributed by atoms with E-state index in [1.807, 2.05) is 37.3 Å². The van der Waals surface area contributed by atoms with Gasteiger partial charge in [-0.05, 0) is 12.8 Å². The number of hydrogen-bond donors (Lipinski definition) is 0. The van der Waals surface area contributed by atoms with Crippen LogP contribution in [0.3, 0.4) is 0 Å². The fourth-order valence-electron chi connectivity index (χ4n) is 3.49. The normalized spacial score (nSPS) is 12.8. The third kappa shape index (κ3) is 4.00. The van der Waals surface area contributed by atoms with Crippen LogP contribution in [0.15, 0.2) is 49.4 Å². The molecule has 8 nitrogen and oxygen atoms in total. The van der Waals surface area contributed by atoms with Gasteiger partial charge in [-0.1, -0.05) is 60.4 Å². The van der Waals surface area contributed by atoms with E-state index in [2.05, 4.69) is 15.1 Å². The standard InChI is InChI=1S/C21H22ClN5O3/c1-2-3-11-26-19-15(13-16(22)23-19)20(28)27(21(26)29)12-7-10-17-24-18(25-30-17)14-8-5-4-6-9-14/h4-6,8-9H,2-3,7,10-13H2,1H3. The number of halogens is 1. The number of aliphatic imine (C=N–C) groups is 1.